The molecule has 1 heterocycles. The smallest absolute Gasteiger partial charge is 0.0424 e. The molecule has 1 fully saturated rings. The Balaban J connectivity index is 1.90. The van der Waals surface area contributed by atoms with Gasteiger partial charge < -0.3 is 4.90 Å². The van der Waals surface area contributed by atoms with Crippen LogP contribution in [0.25, 0.3) is 0 Å². The largest absolute Gasteiger partial charge is 0.376 e. The normalized spacial score (nSPS) is 22.8. The van der Waals surface area contributed by atoms with Crippen molar-refractivity contribution in [1.82, 2.24) is 4.90 Å². The van der Waals surface area contributed by atoms with Crippen molar-refractivity contribution >= 4 is 6.21 Å². The average Bonchev–Trinajstić information content (AvgIpc) is 3.19. The van der Waals surface area contributed by atoms with Crippen molar-refractivity contribution in [2.24, 2.45) is 10.9 Å². The molecule has 0 aromatic rings. The maximum Gasteiger partial charge on any atom is 0.0424 e. The zero-order chi connectivity index (χ0) is 14.8. The van der Waals surface area contributed by atoms with Crippen LogP contribution >= 0.6 is 0 Å². The molecule has 1 aliphatic heterocycles. The number of hydrogen-bond donors (Lipinski definition) is 0. The monoisotopic (exact) mass is 282 g/mol. The molecule has 0 aromatic carbocycles. The molecule has 0 unspecified atom stereocenters. The third kappa shape index (κ3) is 3.20. The molecule has 1 saturated carbocycles. The Morgan fingerprint density at radius 2 is 2.24 bits per heavy atom. The molecule has 2 heteroatoms. The molecule has 0 saturated heterocycles. The van der Waals surface area contributed by atoms with Gasteiger partial charge in [0.25, 0.3) is 0 Å². The molecule has 0 amide bonds. The Hall–Kier alpha value is -1.57. The fourth-order valence-corrected chi connectivity index (χ4v) is 3.32. The molecule has 0 atom stereocenters. The summed E-state index contributed by atoms with van der Waals surface area (Å²) in [5.41, 5.74) is 7.62. The fourth-order valence-electron chi connectivity index (χ4n) is 3.32. The van der Waals surface area contributed by atoms with Gasteiger partial charge in [0.15, 0.2) is 0 Å². The summed E-state index contributed by atoms with van der Waals surface area (Å²) in [6.07, 6.45) is 15.3. The molecule has 0 bridgehead atoms. The van der Waals surface area contributed by atoms with E-state index in [1.54, 1.807) is 11.1 Å². The zero-order valence-corrected chi connectivity index (χ0v) is 13.5. The first-order valence-corrected chi connectivity index (χ1v) is 8.16. The number of allylic oxidation sites excluding steroid dienone is 5. The second-order valence-corrected chi connectivity index (χ2v) is 6.54. The summed E-state index contributed by atoms with van der Waals surface area (Å²) in [6, 6.07) is 0. The molecular weight excluding hydrogens is 256 g/mol. The SMILES string of the molecule is CCC1=CC2=C(C1)C(/C(=C/C=NC)CC1CC1)=CN(C)C2. The van der Waals surface area contributed by atoms with E-state index in [-0.39, 0.29) is 0 Å². The van der Waals surface area contributed by atoms with Gasteiger partial charge >= 0.3 is 0 Å². The molecule has 2 nitrogen and oxygen atoms in total. The molecule has 0 radical (unpaired) electrons. The van der Waals surface area contributed by atoms with E-state index in [4.69, 9.17) is 0 Å². The number of nitrogens with zero attached hydrogens (tertiary/aromatic N) is 2. The van der Waals surface area contributed by atoms with E-state index in [1.807, 2.05) is 13.3 Å². The van der Waals surface area contributed by atoms with E-state index >= 15 is 0 Å². The van der Waals surface area contributed by atoms with Gasteiger partial charge in [-0.25, -0.2) is 0 Å². The Kier molecular flexibility index (Phi) is 4.14. The van der Waals surface area contributed by atoms with Crippen molar-refractivity contribution in [3.8, 4) is 0 Å². The Labute approximate surface area is 128 Å². The number of aliphatic imine (C=N–C) groups is 1. The van der Waals surface area contributed by atoms with Crippen LogP contribution in [0, 0.1) is 5.92 Å². The lowest BCUT2D eigenvalue weighted by Gasteiger charge is -2.26. The summed E-state index contributed by atoms with van der Waals surface area (Å²) in [5.74, 6) is 0.902. The predicted molar refractivity (Wildman–Crippen MR) is 90.6 cm³/mol. The molecule has 0 spiro atoms. The van der Waals surface area contributed by atoms with Crippen molar-refractivity contribution < 1.29 is 0 Å². The summed E-state index contributed by atoms with van der Waals surface area (Å²) >= 11 is 0. The standard InChI is InChI=1S/C19H26N2/c1-4-14-9-17-12-21(3)13-19(18(17)11-14)16(7-8-20-2)10-15-5-6-15/h7-9,13,15H,4-6,10-12H2,1-3H3/b16-7+,20-8?. The highest BCUT2D eigenvalue weighted by atomic mass is 15.1. The van der Waals surface area contributed by atoms with Gasteiger partial charge in [-0.05, 0) is 66.4 Å². The number of hydrogen-bond acceptors (Lipinski definition) is 2. The van der Waals surface area contributed by atoms with Crippen LogP contribution in [0.15, 0.2) is 51.2 Å². The van der Waals surface area contributed by atoms with Crippen LogP contribution in [0.4, 0.5) is 0 Å². The van der Waals surface area contributed by atoms with Crippen molar-refractivity contribution in [2.45, 2.75) is 39.0 Å². The summed E-state index contributed by atoms with van der Waals surface area (Å²) in [5, 5.41) is 0. The van der Waals surface area contributed by atoms with Gasteiger partial charge in [0, 0.05) is 33.1 Å². The van der Waals surface area contributed by atoms with Gasteiger partial charge in [-0.3, -0.25) is 4.99 Å². The van der Waals surface area contributed by atoms with Gasteiger partial charge in [0.1, 0.15) is 0 Å². The highest BCUT2D eigenvalue weighted by Crippen LogP contribution is 2.43. The average molecular weight is 282 g/mol. The third-order valence-corrected chi connectivity index (χ3v) is 4.69. The lowest BCUT2D eigenvalue weighted by molar-refractivity contribution is 0.488. The van der Waals surface area contributed by atoms with Gasteiger partial charge in [-0.2, -0.15) is 0 Å². The van der Waals surface area contributed by atoms with E-state index in [0.717, 1.165) is 18.9 Å². The van der Waals surface area contributed by atoms with E-state index in [9.17, 15) is 0 Å². The van der Waals surface area contributed by atoms with E-state index in [1.165, 1.54) is 42.4 Å². The first kappa shape index (κ1) is 14.4. The highest BCUT2D eigenvalue weighted by Gasteiger charge is 2.28. The Morgan fingerprint density at radius 3 is 2.90 bits per heavy atom. The molecule has 3 aliphatic rings. The topological polar surface area (TPSA) is 15.6 Å². The predicted octanol–water partition coefficient (Wildman–Crippen LogP) is 4.28. The number of rotatable bonds is 5. The van der Waals surface area contributed by atoms with E-state index < -0.39 is 0 Å². The molecular formula is C19H26N2. The highest BCUT2D eigenvalue weighted by molar-refractivity contribution is 5.75. The van der Waals surface area contributed by atoms with E-state index in [0.29, 0.717) is 0 Å². The first-order chi connectivity index (χ1) is 10.2. The molecule has 0 aromatic heterocycles. The summed E-state index contributed by atoms with van der Waals surface area (Å²) in [6.45, 7) is 3.32. The van der Waals surface area contributed by atoms with Crippen molar-refractivity contribution in [3.05, 3.63) is 46.2 Å². The molecule has 112 valence electrons. The first-order valence-electron chi connectivity index (χ1n) is 8.16. The van der Waals surface area contributed by atoms with Crippen LogP contribution in [0.1, 0.15) is 39.0 Å². The minimum atomic E-state index is 0.902. The van der Waals surface area contributed by atoms with Crippen LogP contribution in [0.2, 0.25) is 0 Å². The van der Waals surface area contributed by atoms with Gasteiger partial charge in [-0.15, -0.1) is 0 Å². The second kappa shape index (κ2) is 6.05. The van der Waals surface area contributed by atoms with Gasteiger partial charge in [0.2, 0.25) is 0 Å². The van der Waals surface area contributed by atoms with Crippen LogP contribution in [-0.4, -0.2) is 31.8 Å². The van der Waals surface area contributed by atoms with Gasteiger partial charge in [0.05, 0.1) is 0 Å². The van der Waals surface area contributed by atoms with Gasteiger partial charge in [-0.1, -0.05) is 18.6 Å². The van der Waals surface area contributed by atoms with Crippen molar-refractivity contribution in [1.29, 1.82) is 0 Å². The minimum Gasteiger partial charge on any atom is -0.376 e. The fraction of sp³-hybridized carbons (Fsp3) is 0.526. The van der Waals surface area contributed by atoms with Crippen LogP contribution < -0.4 is 0 Å². The molecule has 0 N–H and O–H groups in total. The molecule has 3 rings (SSSR count). The van der Waals surface area contributed by atoms with E-state index in [2.05, 4.69) is 42.2 Å². The number of likely N-dealkylation sites (N-methyl/N-ethyl adjacent to an activating group) is 1. The van der Waals surface area contributed by atoms with Crippen LogP contribution in [-0.2, 0) is 0 Å². The maximum atomic E-state index is 4.16. The third-order valence-electron chi connectivity index (χ3n) is 4.69. The lowest BCUT2D eigenvalue weighted by atomic mass is 9.89. The zero-order valence-electron chi connectivity index (χ0n) is 13.5. The second-order valence-electron chi connectivity index (χ2n) is 6.54. The quantitative estimate of drug-likeness (QED) is 0.687. The Morgan fingerprint density at radius 1 is 1.43 bits per heavy atom. The lowest BCUT2D eigenvalue weighted by Crippen LogP contribution is -2.20. The summed E-state index contributed by atoms with van der Waals surface area (Å²) in [4.78, 5) is 6.49. The van der Waals surface area contributed by atoms with Crippen molar-refractivity contribution in [2.75, 3.05) is 20.6 Å². The van der Waals surface area contributed by atoms with Crippen LogP contribution in [0.5, 0.6) is 0 Å². The minimum absolute atomic E-state index is 0.902. The molecule has 21 heavy (non-hydrogen) atoms. The molecule has 2 aliphatic carbocycles. The maximum absolute atomic E-state index is 4.16. The Bertz CT molecular complexity index is 568. The van der Waals surface area contributed by atoms with Crippen LogP contribution in [0.3, 0.4) is 0 Å². The summed E-state index contributed by atoms with van der Waals surface area (Å²) in [7, 11) is 4.04. The van der Waals surface area contributed by atoms with Crippen molar-refractivity contribution in [3.63, 3.8) is 0 Å². The summed E-state index contributed by atoms with van der Waals surface area (Å²) < 4.78 is 0.